The van der Waals surface area contributed by atoms with Gasteiger partial charge in [0, 0.05) is 6.54 Å². The van der Waals surface area contributed by atoms with Crippen LogP contribution in [0.4, 0.5) is 5.69 Å². The molecule has 0 aliphatic carbocycles. The minimum atomic E-state index is 0.247. The van der Waals surface area contributed by atoms with Crippen molar-refractivity contribution in [2.24, 2.45) is 0 Å². The van der Waals surface area contributed by atoms with E-state index in [9.17, 15) is 5.11 Å². The zero-order valence-electron chi connectivity index (χ0n) is 10.9. The molecule has 0 bridgehead atoms. The van der Waals surface area contributed by atoms with E-state index >= 15 is 0 Å². The lowest BCUT2D eigenvalue weighted by molar-refractivity contribution is 0.416. The van der Waals surface area contributed by atoms with Crippen molar-refractivity contribution in [1.82, 2.24) is 0 Å². The highest BCUT2D eigenvalue weighted by Gasteiger charge is 2.04. The third-order valence-corrected chi connectivity index (χ3v) is 3.49. The highest BCUT2D eigenvalue weighted by atomic mass is 79.9. The molecule has 19 heavy (non-hydrogen) atoms. The van der Waals surface area contributed by atoms with Gasteiger partial charge < -0.3 is 15.2 Å². The maximum Gasteiger partial charge on any atom is 0.141 e. The van der Waals surface area contributed by atoms with Gasteiger partial charge in [-0.2, -0.15) is 0 Å². The molecule has 100 valence electrons. The monoisotopic (exact) mass is 321 g/mol. The van der Waals surface area contributed by atoms with Crippen LogP contribution in [-0.4, -0.2) is 12.2 Å². The van der Waals surface area contributed by atoms with Crippen molar-refractivity contribution in [3.63, 3.8) is 0 Å². The van der Waals surface area contributed by atoms with Crippen molar-refractivity contribution < 1.29 is 9.84 Å². The molecule has 0 aliphatic heterocycles. The predicted octanol–water partition coefficient (Wildman–Crippen LogP) is 4.08. The zero-order valence-corrected chi connectivity index (χ0v) is 12.5. The molecule has 0 amide bonds. The molecule has 2 aromatic rings. The van der Waals surface area contributed by atoms with E-state index in [0.29, 0.717) is 11.0 Å². The normalized spacial score (nSPS) is 10.3. The molecule has 0 radical (unpaired) electrons. The number of nitrogens with one attached hydrogen (secondary N) is 1. The van der Waals surface area contributed by atoms with Crippen molar-refractivity contribution in [2.45, 2.75) is 13.5 Å². The summed E-state index contributed by atoms with van der Waals surface area (Å²) in [6.45, 7) is 2.71. The van der Waals surface area contributed by atoms with E-state index in [1.54, 1.807) is 13.2 Å². The molecule has 0 aromatic heterocycles. The maximum atomic E-state index is 9.46. The SMILES string of the molecule is COc1ccc(C)cc1NCc1ccc(O)c(Br)c1. The van der Waals surface area contributed by atoms with E-state index in [1.165, 1.54) is 5.56 Å². The Hall–Kier alpha value is -1.68. The second-order valence-electron chi connectivity index (χ2n) is 4.34. The molecular weight excluding hydrogens is 306 g/mol. The van der Waals surface area contributed by atoms with Gasteiger partial charge in [-0.05, 0) is 58.2 Å². The lowest BCUT2D eigenvalue weighted by Gasteiger charge is -2.12. The van der Waals surface area contributed by atoms with Gasteiger partial charge in [-0.25, -0.2) is 0 Å². The van der Waals surface area contributed by atoms with Gasteiger partial charge in [-0.3, -0.25) is 0 Å². The van der Waals surface area contributed by atoms with Crippen LogP contribution in [0.25, 0.3) is 0 Å². The van der Waals surface area contributed by atoms with Crippen molar-refractivity contribution >= 4 is 21.6 Å². The molecular formula is C15H16BrNO2. The lowest BCUT2D eigenvalue weighted by atomic mass is 10.2. The summed E-state index contributed by atoms with van der Waals surface area (Å²) >= 11 is 3.31. The van der Waals surface area contributed by atoms with Gasteiger partial charge in [-0.15, -0.1) is 0 Å². The van der Waals surface area contributed by atoms with Crippen LogP contribution in [-0.2, 0) is 6.54 Å². The van der Waals surface area contributed by atoms with Gasteiger partial charge >= 0.3 is 0 Å². The smallest absolute Gasteiger partial charge is 0.141 e. The largest absolute Gasteiger partial charge is 0.507 e. The summed E-state index contributed by atoms with van der Waals surface area (Å²) in [4.78, 5) is 0. The van der Waals surface area contributed by atoms with Crippen LogP contribution in [0, 0.1) is 6.92 Å². The van der Waals surface area contributed by atoms with Gasteiger partial charge in [0.1, 0.15) is 11.5 Å². The van der Waals surface area contributed by atoms with Crippen molar-refractivity contribution in [1.29, 1.82) is 0 Å². The predicted molar refractivity (Wildman–Crippen MR) is 80.9 cm³/mol. The molecule has 0 saturated carbocycles. The summed E-state index contributed by atoms with van der Waals surface area (Å²) in [6, 6.07) is 11.5. The van der Waals surface area contributed by atoms with E-state index in [1.807, 2.05) is 37.3 Å². The minimum Gasteiger partial charge on any atom is -0.507 e. The number of benzene rings is 2. The Morgan fingerprint density at radius 3 is 2.68 bits per heavy atom. The Morgan fingerprint density at radius 1 is 1.21 bits per heavy atom. The summed E-state index contributed by atoms with van der Waals surface area (Å²) in [5.41, 5.74) is 3.22. The van der Waals surface area contributed by atoms with Crippen molar-refractivity contribution in [3.8, 4) is 11.5 Å². The summed E-state index contributed by atoms with van der Waals surface area (Å²) in [5.74, 6) is 1.07. The van der Waals surface area contributed by atoms with E-state index < -0.39 is 0 Å². The number of phenolic OH excluding ortho intramolecular Hbond substituents is 1. The highest BCUT2D eigenvalue weighted by molar-refractivity contribution is 9.10. The first kappa shape index (κ1) is 13.7. The molecule has 4 heteroatoms. The van der Waals surface area contributed by atoms with Crippen molar-refractivity contribution in [2.75, 3.05) is 12.4 Å². The third-order valence-electron chi connectivity index (χ3n) is 2.85. The van der Waals surface area contributed by atoms with Crippen LogP contribution in [0.3, 0.4) is 0 Å². The number of halogens is 1. The topological polar surface area (TPSA) is 41.5 Å². The molecule has 0 aliphatic rings. The first-order valence-corrected chi connectivity index (χ1v) is 6.75. The fourth-order valence-electron chi connectivity index (χ4n) is 1.82. The molecule has 0 fully saturated rings. The number of aryl methyl sites for hydroxylation is 1. The molecule has 2 aromatic carbocycles. The van der Waals surface area contributed by atoms with Gasteiger partial charge in [0.2, 0.25) is 0 Å². The van der Waals surface area contributed by atoms with Gasteiger partial charge in [-0.1, -0.05) is 12.1 Å². The number of hydrogen-bond donors (Lipinski definition) is 2. The summed E-state index contributed by atoms with van der Waals surface area (Å²) in [5, 5.41) is 12.8. The Morgan fingerprint density at radius 2 is 2.00 bits per heavy atom. The number of methoxy groups -OCH3 is 1. The molecule has 0 saturated heterocycles. The average Bonchev–Trinajstić information content (AvgIpc) is 2.40. The minimum absolute atomic E-state index is 0.247. The zero-order chi connectivity index (χ0) is 13.8. The van der Waals surface area contributed by atoms with Crippen molar-refractivity contribution in [3.05, 3.63) is 52.0 Å². The maximum absolute atomic E-state index is 9.46. The van der Waals surface area contributed by atoms with Crippen LogP contribution in [0.15, 0.2) is 40.9 Å². The Kier molecular flexibility index (Phi) is 4.32. The molecule has 2 N–H and O–H groups in total. The van der Waals surface area contributed by atoms with E-state index in [2.05, 4.69) is 21.2 Å². The lowest BCUT2D eigenvalue weighted by Crippen LogP contribution is -2.01. The highest BCUT2D eigenvalue weighted by Crippen LogP contribution is 2.27. The third kappa shape index (κ3) is 3.41. The first-order valence-electron chi connectivity index (χ1n) is 5.96. The molecule has 3 nitrogen and oxygen atoms in total. The second-order valence-corrected chi connectivity index (χ2v) is 5.20. The molecule has 0 unspecified atom stereocenters. The van der Waals surface area contributed by atoms with Gasteiger partial charge in [0.05, 0.1) is 17.3 Å². The van der Waals surface area contributed by atoms with Crippen LogP contribution >= 0.6 is 15.9 Å². The van der Waals surface area contributed by atoms with Gasteiger partial charge in [0.25, 0.3) is 0 Å². The fraction of sp³-hybridized carbons (Fsp3) is 0.200. The number of rotatable bonds is 4. The summed E-state index contributed by atoms with van der Waals surface area (Å²) in [7, 11) is 1.66. The molecule has 2 rings (SSSR count). The van der Waals surface area contributed by atoms with E-state index in [0.717, 1.165) is 17.0 Å². The standard InChI is InChI=1S/C15H16BrNO2/c1-10-3-6-15(19-2)13(7-10)17-9-11-4-5-14(18)12(16)8-11/h3-8,17-18H,9H2,1-2H3. The van der Waals surface area contributed by atoms with Crippen LogP contribution < -0.4 is 10.1 Å². The average molecular weight is 322 g/mol. The number of phenols is 1. The molecule has 0 spiro atoms. The Bertz CT molecular complexity index is 584. The van der Waals surface area contributed by atoms with E-state index in [-0.39, 0.29) is 5.75 Å². The van der Waals surface area contributed by atoms with Crippen LogP contribution in [0.1, 0.15) is 11.1 Å². The van der Waals surface area contributed by atoms with E-state index in [4.69, 9.17) is 4.74 Å². The number of aromatic hydroxyl groups is 1. The Balaban J connectivity index is 2.13. The number of ether oxygens (including phenoxy) is 1. The number of anilines is 1. The quantitative estimate of drug-likeness (QED) is 0.891. The number of hydrogen-bond acceptors (Lipinski definition) is 3. The fourth-order valence-corrected chi connectivity index (χ4v) is 2.24. The van der Waals surface area contributed by atoms with Gasteiger partial charge in [0.15, 0.2) is 0 Å². The second kappa shape index (κ2) is 5.97. The summed E-state index contributed by atoms with van der Waals surface area (Å²) < 4.78 is 6.02. The van der Waals surface area contributed by atoms with Crippen LogP contribution in [0.5, 0.6) is 11.5 Å². The van der Waals surface area contributed by atoms with Crippen LogP contribution in [0.2, 0.25) is 0 Å². The summed E-state index contributed by atoms with van der Waals surface area (Å²) in [6.07, 6.45) is 0. The molecule has 0 heterocycles. The molecule has 0 atom stereocenters. The first-order chi connectivity index (χ1) is 9.10. The Labute approximate surface area is 121 Å².